The van der Waals surface area contributed by atoms with Crippen molar-refractivity contribution in [1.29, 1.82) is 0 Å². The number of unbranched alkanes of at least 4 members (excludes halogenated alkanes) is 45. The molecule has 0 saturated heterocycles. The Morgan fingerprint density at radius 3 is 1.08 bits per heavy atom. The van der Waals surface area contributed by atoms with Crippen molar-refractivity contribution < 1.29 is 24.5 Å². The molecule has 6 heteroatoms. The predicted molar refractivity (Wildman–Crippen MR) is 324 cm³/mol. The molecule has 436 valence electrons. The second-order valence-corrected chi connectivity index (χ2v) is 22.8. The smallest absolute Gasteiger partial charge is 0.305 e. The van der Waals surface area contributed by atoms with Crippen LogP contribution in [0.3, 0.4) is 0 Å². The molecule has 0 aromatic carbocycles. The third-order valence-electron chi connectivity index (χ3n) is 15.4. The van der Waals surface area contributed by atoms with Crippen LogP contribution in [-0.4, -0.2) is 47.4 Å². The van der Waals surface area contributed by atoms with Crippen molar-refractivity contribution >= 4 is 11.9 Å². The number of aliphatic hydroxyl groups is 2. The SMILES string of the molecule is CCCC/C=C\C/C=C\CCCCCCCC(=O)OCCCCCCCCCCC/C=C\CCCCCCCCCC(=O)NC(CO)C(O)CCCCCCCCCCCCCCCCCCCCCCCCC. The van der Waals surface area contributed by atoms with Crippen LogP contribution in [0.4, 0.5) is 0 Å². The summed E-state index contributed by atoms with van der Waals surface area (Å²) in [5.74, 6) is -0.0483. The average molecular weight is 1040 g/mol. The van der Waals surface area contributed by atoms with Crippen LogP contribution in [0, 0.1) is 0 Å². The van der Waals surface area contributed by atoms with Crippen molar-refractivity contribution in [2.75, 3.05) is 13.2 Å². The fourth-order valence-electron chi connectivity index (χ4n) is 10.3. The number of allylic oxidation sites excluding steroid dienone is 6. The third-order valence-corrected chi connectivity index (χ3v) is 15.4. The Bertz CT molecular complexity index is 1200. The minimum absolute atomic E-state index is 0.00790. The monoisotopic (exact) mass is 1040 g/mol. The standard InChI is InChI=1S/C68H129NO5/c1-3-5-7-9-11-13-15-17-19-20-21-22-23-24-27-30-33-36-40-44-48-52-56-60-66(71)65(64-70)69-67(72)61-57-53-49-45-41-37-34-31-28-25-26-29-32-35-39-43-47-51-55-59-63-74-68(73)62-58-54-50-46-42-38-18-16-14-12-10-8-6-4-2/h10,12,16,18,25,28,65-66,70-71H,3-9,11,13-15,17,19-24,26-27,29-64H2,1-2H3,(H,69,72)/b12-10-,18-16-,28-25-. The Hall–Kier alpha value is -1.92. The molecule has 0 bridgehead atoms. The molecule has 0 heterocycles. The largest absolute Gasteiger partial charge is 0.466 e. The van der Waals surface area contributed by atoms with E-state index in [9.17, 15) is 19.8 Å². The van der Waals surface area contributed by atoms with Crippen LogP contribution in [0.15, 0.2) is 36.5 Å². The summed E-state index contributed by atoms with van der Waals surface area (Å²) in [6.07, 6.45) is 80.2. The molecule has 1 amide bonds. The van der Waals surface area contributed by atoms with E-state index in [1.807, 2.05) is 0 Å². The second-order valence-electron chi connectivity index (χ2n) is 22.8. The predicted octanol–water partition coefficient (Wildman–Crippen LogP) is 21.1. The highest BCUT2D eigenvalue weighted by atomic mass is 16.5. The Kier molecular flexibility index (Phi) is 62.0. The molecule has 0 fully saturated rings. The third kappa shape index (κ3) is 59.3. The molecular formula is C68H129NO5. The first-order valence-electron chi connectivity index (χ1n) is 33.2. The van der Waals surface area contributed by atoms with Gasteiger partial charge >= 0.3 is 5.97 Å². The number of nitrogens with one attached hydrogen (secondary N) is 1. The summed E-state index contributed by atoms with van der Waals surface area (Å²) < 4.78 is 5.47. The summed E-state index contributed by atoms with van der Waals surface area (Å²) in [7, 11) is 0. The molecule has 0 aromatic heterocycles. The van der Waals surface area contributed by atoms with E-state index in [2.05, 4.69) is 55.6 Å². The lowest BCUT2D eigenvalue weighted by molar-refractivity contribution is -0.143. The molecule has 0 aliphatic rings. The van der Waals surface area contributed by atoms with Gasteiger partial charge in [0.05, 0.1) is 25.4 Å². The number of esters is 1. The molecule has 2 unspecified atom stereocenters. The Balaban J connectivity index is 3.44. The van der Waals surface area contributed by atoms with Gasteiger partial charge in [-0.1, -0.05) is 307 Å². The summed E-state index contributed by atoms with van der Waals surface area (Å²) in [5, 5.41) is 23.4. The summed E-state index contributed by atoms with van der Waals surface area (Å²) in [6.45, 7) is 4.92. The highest BCUT2D eigenvalue weighted by Crippen LogP contribution is 2.18. The van der Waals surface area contributed by atoms with Gasteiger partial charge in [-0.3, -0.25) is 9.59 Å². The van der Waals surface area contributed by atoms with Crippen LogP contribution in [0.2, 0.25) is 0 Å². The van der Waals surface area contributed by atoms with Gasteiger partial charge in [0.2, 0.25) is 5.91 Å². The maximum absolute atomic E-state index is 12.5. The topological polar surface area (TPSA) is 95.9 Å². The second kappa shape index (κ2) is 63.6. The molecule has 6 nitrogen and oxygen atoms in total. The molecule has 2 atom stereocenters. The molecular weight excluding hydrogens is 911 g/mol. The summed E-state index contributed by atoms with van der Waals surface area (Å²) in [6, 6.07) is -0.550. The van der Waals surface area contributed by atoms with E-state index in [4.69, 9.17) is 4.74 Å². The van der Waals surface area contributed by atoms with Gasteiger partial charge in [0.25, 0.3) is 0 Å². The van der Waals surface area contributed by atoms with Crippen molar-refractivity contribution in [3.63, 3.8) is 0 Å². The number of aliphatic hydroxyl groups excluding tert-OH is 2. The first kappa shape index (κ1) is 72.1. The number of carbonyl (C=O) groups excluding carboxylic acids is 2. The van der Waals surface area contributed by atoms with Crippen LogP contribution in [-0.2, 0) is 14.3 Å². The van der Waals surface area contributed by atoms with E-state index in [1.165, 1.54) is 276 Å². The van der Waals surface area contributed by atoms with Crippen LogP contribution in [0.5, 0.6) is 0 Å². The molecule has 0 spiro atoms. The summed E-state index contributed by atoms with van der Waals surface area (Å²) >= 11 is 0. The minimum atomic E-state index is -0.672. The zero-order valence-electron chi connectivity index (χ0n) is 49.8. The van der Waals surface area contributed by atoms with Crippen molar-refractivity contribution in [3.8, 4) is 0 Å². The normalized spacial score (nSPS) is 12.8. The molecule has 0 aliphatic carbocycles. The molecule has 0 rings (SSSR count). The fourth-order valence-corrected chi connectivity index (χ4v) is 10.3. The maximum atomic E-state index is 12.5. The molecule has 0 radical (unpaired) electrons. The van der Waals surface area contributed by atoms with Gasteiger partial charge in [-0.2, -0.15) is 0 Å². The molecule has 0 aliphatic heterocycles. The van der Waals surface area contributed by atoms with Crippen molar-refractivity contribution in [3.05, 3.63) is 36.5 Å². The maximum Gasteiger partial charge on any atom is 0.305 e. The van der Waals surface area contributed by atoms with Crippen LogP contribution in [0.25, 0.3) is 0 Å². The number of rotatable bonds is 62. The van der Waals surface area contributed by atoms with E-state index in [0.717, 1.165) is 51.4 Å². The quantitative estimate of drug-likeness (QED) is 0.0320. The van der Waals surface area contributed by atoms with Gasteiger partial charge in [-0.15, -0.1) is 0 Å². The van der Waals surface area contributed by atoms with Gasteiger partial charge in [0, 0.05) is 12.8 Å². The minimum Gasteiger partial charge on any atom is -0.466 e. The van der Waals surface area contributed by atoms with Crippen molar-refractivity contribution in [2.45, 2.75) is 373 Å². The zero-order chi connectivity index (χ0) is 53.6. The average Bonchev–Trinajstić information content (AvgIpc) is 3.40. The first-order valence-corrected chi connectivity index (χ1v) is 33.2. The van der Waals surface area contributed by atoms with Crippen LogP contribution >= 0.6 is 0 Å². The molecule has 74 heavy (non-hydrogen) atoms. The van der Waals surface area contributed by atoms with E-state index in [1.54, 1.807) is 0 Å². The summed E-state index contributed by atoms with van der Waals surface area (Å²) in [4.78, 5) is 24.6. The molecule has 0 saturated carbocycles. The lowest BCUT2D eigenvalue weighted by Gasteiger charge is -2.22. The number of amides is 1. The van der Waals surface area contributed by atoms with Crippen LogP contribution in [0.1, 0.15) is 361 Å². The fraction of sp³-hybridized carbons (Fsp3) is 0.882. The molecule has 0 aromatic rings. The Morgan fingerprint density at radius 1 is 0.378 bits per heavy atom. The van der Waals surface area contributed by atoms with Crippen LogP contribution < -0.4 is 5.32 Å². The Morgan fingerprint density at radius 2 is 0.689 bits per heavy atom. The lowest BCUT2D eigenvalue weighted by Crippen LogP contribution is -2.45. The lowest BCUT2D eigenvalue weighted by atomic mass is 10.0. The van der Waals surface area contributed by atoms with Crippen molar-refractivity contribution in [2.24, 2.45) is 0 Å². The number of carbonyl (C=O) groups is 2. The first-order chi connectivity index (χ1) is 36.5. The number of hydrogen-bond donors (Lipinski definition) is 3. The van der Waals surface area contributed by atoms with Gasteiger partial charge < -0.3 is 20.3 Å². The van der Waals surface area contributed by atoms with Gasteiger partial charge in [0.15, 0.2) is 0 Å². The zero-order valence-corrected chi connectivity index (χ0v) is 49.8. The van der Waals surface area contributed by atoms with E-state index in [-0.39, 0.29) is 18.5 Å². The number of hydrogen-bond acceptors (Lipinski definition) is 5. The van der Waals surface area contributed by atoms with Gasteiger partial charge in [-0.05, 0) is 77.0 Å². The van der Waals surface area contributed by atoms with E-state index in [0.29, 0.717) is 25.9 Å². The van der Waals surface area contributed by atoms with Gasteiger partial charge in [0.1, 0.15) is 0 Å². The van der Waals surface area contributed by atoms with Crippen molar-refractivity contribution in [1.82, 2.24) is 5.32 Å². The number of ether oxygens (including phenoxy) is 1. The van der Waals surface area contributed by atoms with E-state index >= 15 is 0 Å². The Labute approximate surface area is 462 Å². The highest BCUT2D eigenvalue weighted by Gasteiger charge is 2.20. The van der Waals surface area contributed by atoms with E-state index < -0.39 is 12.1 Å². The molecule has 3 N–H and O–H groups in total. The summed E-state index contributed by atoms with van der Waals surface area (Å²) in [5.41, 5.74) is 0. The highest BCUT2D eigenvalue weighted by molar-refractivity contribution is 5.76. The van der Waals surface area contributed by atoms with Gasteiger partial charge in [-0.25, -0.2) is 0 Å².